The SMILES string of the molecule is O=C(Nc1cc(Cl)c(Cl)c(Cl)c1)C1(F)C(F)(F)C(F)(F)C(F)(F)C(F)(F)C1(F)F. The predicted molar refractivity (Wildman–Crippen MR) is 78.7 cm³/mol. The number of halogens is 14. The first-order valence-corrected chi connectivity index (χ1v) is 7.89. The normalized spacial score (nSPS) is 25.3. The molecule has 1 saturated carbocycles. The van der Waals surface area contributed by atoms with Crippen molar-refractivity contribution in [3.05, 3.63) is 27.2 Å². The van der Waals surface area contributed by atoms with Crippen molar-refractivity contribution < 1.29 is 53.1 Å². The molecule has 1 fully saturated rings. The van der Waals surface area contributed by atoms with Crippen LogP contribution in [0.3, 0.4) is 0 Å². The lowest BCUT2D eigenvalue weighted by atomic mass is 9.71. The second-order valence-electron chi connectivity index (χ2n) is 5.74. The molecule has 1 aliphatic carbocycles. The lowest BCUT2D eigenvalue weighted by molar-refractivity contribution is -0.475. The Morgan fingerprint density at radius 1 is 0.655 bits per heavy atom. The highest BCUT2D eigenvalue weighted by molar-refractivity contribution is 6.48. The molecule has 0 unspecified atom stereocenters. The monoisotopic (exact) mass is 503 g/mol. The summed E-state index contributed by atoms with van der Waals surface area (Å²) in [4.78, 5) is 11.7. The van der Waals surface area contributed by atoms with Crippen molar-refractivity contribution in [1.82, 2.24) is 0 Å². The van der Waals surface area contributed by atoms with Gasteiger partial charge in [-0.3, -0.25) is 4.79 Å². The van der Waals surface area contributed by atoms with Crippen LogP contribution < -0.4 is 5.32 Å². The second kappa shape index (κ2) is 6.39. The van der Waals surface area contributed by atoms with Crippen LogP contribution in [-0.2, 0) is 4.79 Å². The van der Waals surface area contributed by atoms with Crippen LogP contribution in [0.25, 0.3) is 0 Å². The van der Waals surface area contributed by atoms with Gasteiger partial charge in [-0.2, -0.15) is 43.9 Å². The van der Waals surface area contributed by atoms with E-state index in [1.54, 1.807) is 0 Å². The maximum absolute atomic E-state index is 14.5. The zero-order valence-corrected chi connectivity index (χ0v) is 15.1. The highest BCUT2D eigenvalue weighted by atomic mass is 35.5. The molecule has 1 aromatic rings. The maximum atomic E-state index is 14.5. The average Bonchev–Trinajstić information content (AvgIpc) is 2.56. The van der Waals surface area contributed by atoms with Crippen molar-refractivity contribution >= 4 is 46.4 Å². The number of rotatable bonds is 2. The van der Waals surface area contributed by atoms with Crippen LogP contribution in [-0.4, -0.2) is 41.2 Å². The lowest BCUT2D eigenvalue weighted by Crippen LogP contribution is -2.86. The van der Waals surface area contributed by atoms with E-state index in [4.69, 9.17) is 34.8 Å². The average molecular weight is 505 g/mol. The fourth-order valence-corrected chi connectivity index (χ4v) is 2.95. The van der Waals surface area contributed by atoms with Gasteiger partial charge in [0.05, 0.1) is 15.1 Å². The van der Waals surface area contributed by atoms with E-state index in [2.05, 4.69) is 0 Å². The predicted octanol–water partition coefficient (Wildman–Crippen LogP) is 6.48. The van der Waals surface area contributed by atoms with Gasteiger partial charge in [0.1, 0.15) is 0 Å². The number of carbonyl (C=O) groups excluding carboxylic acids is 1. The molecule has 0 heterocycles. The number of hydrogen-bond donors (Lipinski definition) is 1. The van der Waals surface area contributed by atoms with Gasteiger partial charge in [-0.15, -0.1) is 0 Å². The Labute approximate surface area is 167 Å². The van der Waals surface area contributed by atoms with Gasteiger partial charge < -0.3 is 5.32 Å². The minimum Gasteiger partial charge on any atom is -0.323 e. The molecule has 1 aromatic carbocycles. The zero-order valence-electron chi connectivity index (χ0n) is 12.9. The van der Waals surface area contributed by atoms with Crippen LogP contribution in [0.1, 0.15) is 0 Å². The first-order chi connectivity index (χ1) is 12.7. The third-order valence-electron chi connectivity index (χ3n) is 4.00. The van der Waals surface area contributed by atoms with E-state index in [1.165, 1.54) is 0 Å². The number of hydrogen-bond acceptors (Lipinski definition) is 1. The second-order valence-corrected chi connectivity index (χ2v) is 6.93. The van der Waals surface area contributed by atoms with E-state index in [-0.39, 0.29) is 0 Å². The van der Waals surface area contributed by atoms with Crippen molar-refractivity contribution in [2.45, 2.75) is 35.3 Å². The van der Waals surface area contributed by atoms with Crippen molar-refractivity contribution in [3.63, 3.8) is 0 Å². The Morgan fingerprint density at radius 2 is 0.966 bits per heavy atom. The number of anilines is 1. The number of carbonyl (C=O) groups is 1. The van der Waals surface area contributed by atoms with Crippen LogP contribution in [0.5, 0.6) is 0 Å². The Morgan fingerprint density at radius 3 is 1.31 bits per heavy atom. The van der Waals surface area contributed by atoms with E-state index < -0.39 is 61.9 Å². The van der Waals surface area contributed by atoms with E-state index in [9.17, 15) is 53.1 Å². The summed E-state index contributed by atoms with van der Waals surface area (Å²) in [6.07, 6.45) is 0. The molecule has 0 atom stereocenters. The van der Waals surface area contributed by atoms with Crippen molar-refractivity contribution in [1.29, 1.82) is 0 Å². The molecule has 16 heteroatoms. The number of benzene rings is 1. The standard InChI is InChI=1S/C13H3Cl3F11NO/c14-4-1-3(2-5(15)6(4)16)28-7(29)8(17)9(18,19)11(22,23)13(26,27)12(24,25)10(8,20)21/h1-2H,(H,28,29). The van der Waals surface area contributed by atoms with E-state index >= 15 is 0 Å². The molecule has 2 nitrogen and oxygen atoms in total. The van der Waals surface area contributed by atoms with Crippen molar-refractivity contribution in [2.75, 3.05) is 5.32 Å². The summed E-state index contributed by atoms with van der Waals surface area (Å²) in [5, 5.41) is -0.757. The van der Waals surface area contributed by atoms with E-state index in [0.717, 1.165) is 5.32 Å². The minimum atomic E-state index is -7.42. The van der Waals surface area contributed by atoms with Gasteiger partial charge in [0, 0.05) is 5.69 Å². The Bertz CT molecular complexity index is 821. The first kappa shape index (κ1) is 24.1. The Hall–Kier alpha value is -1.21. The zero-order chi connectivity index (χ0) is 23.0. The van der Waals surface area contributed by atoms with Crippen molar-refractivity contribution in [2.24, 2.45) is 0 Å². The fraction of sp³-hybridized carbons (Fsp3) is 0.462. The largest absolute Gasteiger partial charge is 0.384 e. The van der Waals surface area contributed by atoms with Gasteiger partial charge in [0.25, 0.3) is 5.91 Å². The lowest BCUT2D eigenvalue weighted by Gasteiger charge is -2.51. The summed E-state index contributed by atoms with van der Waals surface area (Å²) in [5.74, 6) is -40.3. The van der Waals surface area contributed by atoms with Crippen LogP contribution in [0, 0.1) is 0 Å². The molecule has 0 aliphatic heterocycles. The maximum Gasteiger partial charge on any atom is 0.384 e. The molecule has 0 spiro atoms. The van der Waals surface area contributed by atoms with Crippen LogP contribution in [0.15, 0.2) is 12.1 Å². The van der Waals surface area contributed by atoms with Gasteiger partial charge in [-0.1, -0.05) is 34.8 Å². The minimum absolute atomic E-state index is 0.438. The molecule has 29 heavy (non-hydrogen) atoms. The van der Waals surface area contributed by atoms with E-state index in [1.807, 2.05) is 0 Å². The highest BCUT2D eigenvalue weighted by Crippen LogP contribution is 2.69. The molecule has 0 radical (unpaired) electrons. The third kappa shape index (κ3) is 2.65. The van der Waals surface area contributed by atoms with Gasteiger partial charge >= 0.3 is 35.3 Å². The van der Waals surface area contributed by atoms with Gasteiger partial charge in [-0.25, -0.2) is 4.39 Å². The first-order valence-electron chi connectivity index (χ1n) is 6.75. The molecule has 1 N–H and O–H groups in total. The van der Waals surface area contributed by atoms with Gasteiger partial charge in [0.2, 0.25) is 0 Å². The quantitative estimate of drug-likeness (QED) is 0.362. The molecule has 1 amide bonds. The highest BCUT2D eigenvalue weighted by Gasteiger charge is 3.02. The summed E-state index contributed by atoms with van der Waals surface area (Å²) in [5.41, 5.74) is -7.85. The summed E-state index contributed by atoms with van der Waals surface area (Å²) < 4.78 is 149. The fourth-order valence-electron chi connectivity index (χ4n) is 2.35. The number of nitrogens with one attached hydrogen (secondary N) is 1. The summed E-state index contributed by atoms with van der Waals surface area (Å²) in [6.45, 7) is 0. The topological polar surface area (TPSA) is 29.1 Å². The molecule has 0 bridgehead atoms. The molecule has 2 rings (SSSR count). The van der Waals surface area contributed by atoms with Gasteiger partial charge in [-0.05, 0) is 12.1 Å². The molecular weight excluding hydrogens is 501 g/mol. The summed E-state index contributed by atoms with van der Waals surface area (Å²) in [6, 6.07) is 0.946. The number of alkyl halides is 11. The van der Waals surface area contributed by atoms with Crippen LogP contribution in [0.2, 0.25) is 15.1 Å². The van der Waals surface area contributed by atoms with Crippen LogP contribution >= 0.6 is 34.8 Å². The van der Waals surface area contributed by atoms with E-state index in [0.29, 0.717) is 12.1 Å². The number of amides is 1. The van der Waals surface area contributed by atoms with Crippen LogP contribution in [0.4, 0.5) is 54.0 Å². The molecule has 1 aliphatic rings. The van der Waals surface area contributed by atoms with Gasteiger partial charge in [0.15, 0.2) is 0 Å². The Kier molecular flexibility index (Phi) is 5.31. The molecule has 164 valence electrons. The smallest absolute Gasteiger partial charge is 0.323 e. The summed E-state index contributed by atoms with van der Waals surface area (Å²) >= 11 is 16.4. The molecular formula is C13H3Cl3F11NO. The molecule has 0 aromatic heterocycles. The molecule has 0 saturated heterocycles. The third-order valence-corrected chi connectivity index (χ3v) is 5.19. The van der Waals surface area contributed by atoms with Crippen molar-refractivity contribution in [3.8, 4) is 0 Å². The Balaban J connectivity index is 2.69. The summed E-state index contributed by atoms with van der Waals surface area (Å²) in [7, 11) is 0.